The summed E-state index contributed by atoms with van der Waals surface area (Å²) >= 11 is 0. The van der Waals surface area contributed by atoms with Gasteiger partial charge in [-0.15, -0.1) is 0 Å². The summed E-state index contributed by atoms with van der Waals surface area (Å²) in [7, 11) is 0. The zero-order valence-corrected chi connectivity index (χ0v) is 21.5. The summed E-state index contributed by atoms with van der Waals surface area (Å²) in [5.74, 6) is 0.717. The summed E-state index contributed by atoms with van der Waals surface area (Å²) in [5.41, 5.74) is 4.16. The number of ether oxygens (including phenoxy) is 1. The van der Waals surface area contributed by atoms with Gasteiger partial charge in [0, 0.05) is 11.5 Å². The smallest absolute Gasteiger partial charge is 0.419 e. The van der Waals surface area contributed by atoms with Gasteiger partial charge in [0.05, 0.1) is 18.0 Å². The minimum absolute atomic E-state index is 0.0767. The van der Waals surface area contributed by atoms with Crippen LogP contribution in [-0.4, -0.2) is 22.6 Å². The maximum atomic E-state index is 13.6. The number of hydrogen-bond acceptors (Lipinski definition) is 5. The monoisotopic (exact) mass is 498 g/mol. The van der Waals surface area contributed by atoms with Crippen LogP contribution in [0.2, 0.25) is 0 Å². The van der Waals surface area contributed by atoms with Crippen LogP contribution in [0, 0.1) is 5.41 Å². The molecule has 0 unspecified atom stereocenters. The molecule has 3 N–H and O–H groups in total. The number of rotatable bonds is 14. The van der Waals surface area contributed by atoms with E-state index >= 15 is 0 Å². The molecule has 2 rings (SSSR count). The molecule has 0 spiro atoms. The topological polar surface area (TPSA) is 98.0 Å². The molecular formula is C26H41F3N4O2. The predicted molar refractivity (Wildman–Crippen MR) is 134 cm³/mol. The van der Waals surface area contributed by atoms with Gasteiger partial charge in [-0.1, -0.05) is 77.3 Å². The lowest BCUT2D eigenvalue weighted by Crippen LogP contribution is -2.10. The SMILES string of the molecule is CC(=N)N.CCCCCCCCCOc1ccc(-c2noc([C@@H](C)CCCC)n2)cc1C(F)(F)F. The Hall–Kier alpha value is -2.58. The van der Waals surface area contributed by atoms with Crippen LogP contribution in [0.5, 0.6) is 5.75 Å². The third-order valence-corrected chi connectivity index (χ3v) is 5.40. The van der Waals surface area contributed by atoms with Crippen molar-refractivity contribution in [3.05, 3.63) is 29.7 Å². The van der Waals surface area contributed by atoms with Crippen molar-refractivity contribution < 1.29 is 22.4 Å². The number of benzene rings is 1. The van der Waals surface area contributed by atoms with Gasteiger partial charge in [-0.2, -0.15) is 18.2 Å². The van der Waals surface area contributed by atoms with E-state index in [9.17, 15) is 13.2 Å². The van der Waals surface area contributed by atoms with Crippen LogP contribution in [0.15, 0.2) is 22.7 Å². The van der Waals surface area contributed by atoms with Gasteiger partial charge in [0.15, 0.2) is 0 Å². The van der Waals surface area contributed by atoms with Gasteiger partial charge in [0.25, 0.3) is 0 Å². The second kappa shape index (κ2) is 16.2. The Morgan fingerprint density at radius 1 is 1.06 bits per heavy atom. The molecule has 0 aliphatic carbocycles. The second-order valence-electron chi connectivity index (χ2n) is 8.86. The highest BCUT2D eigenvalue weighted by atomic mass is 19.4. The number of nitrogens with two attached hydrogens (primary N) is 1. The largest absolute Gasteiger partial charge is 0.493 e. The number of alkyl halides is 3. The zero-order valence-electron chi connectivity index (χ0n) is 21.5. The average Bonchev–Trinajstić information content (AvgIpc) is 3.29. The molecule has 198 valence electrons. The van der Waals surface area contributed by atoms with Crippen LogP contribution in [0.1, 0.15) is 109 Å². The highest BCUT2D eigenvalue weighted by molar-refractivity contribution is 5.73. The van der Waals surface area contributed by atoms with E-state index in [4.69, 9.17) is 20.4 Å². The molecule has 1 aromatic carbocycles. The molecule has 0 saturated heterocycles. The normalized spacial score (nSPS) is 12.1. The quantitative estimate of drug-likeness (QED) is 0.156. The molecule has 0 radical (unpaired) electrons. The van der Waals surface area contributed by atoms with Crippen LogP contribution in [0.4, 0.5) is 13.2 Å². The molecule has 6 nitrogen and oxygen atoms in total. The van der Waals surface area contributed by atoms with E-state index < -0.39 is 11.7 Å². The van der Waals surface area contributed by atoms with Crippen molar-refractivity contribution in [1.29, 1.82) is 5.41 Å². The van der Waals surface area contributed by atoms with Gasteiger partial charge in [-0.05, 0) is 38.0 Å². The third-order valence-electron chi connectivity index (χ3n) is 5.40. The lowest BCUT2D eigenvalue weighted by Gasteiger charge is -2.15. The van der Waals surface area contributed by atoms with Crippen LogP contribution in [0.25, 0.3) is 11.4 Å². The molecule has 35 heavy (non-hydrogen) atoms. The van der Waals surface area contributed by atoms with E-state index in [1.54, 1.807) is 6.07 Å². The molecule has 1 heterocycles. The first-order chi connectivity index (χ1) is 16.6. The predicted octanol–water partition coefficient (Wildman–Crippen LogP) is 8.12. The molecule has 0 bridgehead atoms. The van der Waals surface area contributed by atoms with E-state index in [1.165, 1.54) is 38.7 Å². The summed E-state index contributed by atoms with van der Waals surface area (Å²) in [6.45, 7) is 8.05. The van der Waals surface area contributed by atoms with Crippen molar-refractivity contribution in [3.63, 3.8) is 0 Å². The summed E-state index contributed by atoms with van der Waals surface area (Å²) in [6, 6.07) is 3.96. The number of aromatic nitrogens is 2. The van der Waals surface area contributed by atoms with Gasteiger partial charge in [0.1, 0.15) is 5.75 Å². The first-order valence-corrected chi connectivity index (χ1v) is 12.6. The fraction of sp³-hybridized carbons (Fsp3) is 0.654. The average molecular weight is 499 g/mol. The van der Waals surface area contributed by atoms with Crippen LogP contribution < -0.4 is 10.5 Å². The number of hydrogen-bond donors (Lipinski definition) is 2. The van der Waals surface area contributed by atoms with Crippen LogP contribution in [0.3, 0.4) is 0 Å². The molecule has 0 aliphatic heterocycles. The first kappa shape index (κ1) is 30.5. The van der Waals surface area contributed by atoms with Gasteiger partial charge >= 0.3 is 6.18 Å². The molecule has 1 atom stereocenters. The molecule has 0 amide bonds. The molecular weight excluding hydrogens is 457 g/mol. The van der Waals surface area contributed by atoms with Gasteiger partial charge in [0.2, 0.25) is 11.7 Å². The molecule has 1 aromatic heterocycles. The standard InChI is InChI=1S/C24H35F3N2O2.C2H6N2/c1-4-6-8-9-10-11-12-16-30-21-15-14-19(17-20(21)24(25,26)27)22-28-23(31-29-22)18(3)13-7-5-2;1-2(3)4/h14-15,17-18H,4-13,16H2,1-3H3;1H3,(H3,3,4)/t18-;/m0./s1. The first-order valence-electron chi connectivity index (χ1n) is 12.6. The number of nitrogens with one attached hydrogen (secondary N) is 1. The summed E-state index contributed by atoms with van der Waals surface area (Å²) in [4.78, 5) is 4.32. The van der Waals surface area contributed by atoms with Crippen LogP contribution in [-0.2, 0) is 6.18 Å². The highest BCUT2D eigenvalue weighted by Gasteiger charge is 2.35. The van der Waals surface area contributed by atoms with E-state index in [1.807, 2.05) is 6.92 Å². The van der Waals surface area contributed by atoms with E-state index in [-0.39, 0.29) is 35.5 Å². The summed E-state index contributed by atoms with van der Waals surface area (Å²) < 4.78 is 51.6. The Morgan fingerprint density at radius 3 is 2.26 bits per heavy atom. The highest BCUT2D eigenvalue weighted by Crippen LogP contribution is 2.38. The minimum atomic E-state index is -4.52. The molecule has 0 aliphatic rings. The number of halogens is 3. The van der Waals surface area contributed by atoms with Gasteiger partial charge in [-0.25, -0.2) is 0 Å². The van der Waals surface area contributed by atoms with Crippen LogP contribution >= 0.6 is 0 Å². The number of nitrogens with zero attached hydrogens (tertiary/aromatic N) is 2. The third kappa shape index (κ3) is 12.1. The van der Waals surface area contributed by atoms with Crippen molar-refractivity contribution in [1.82, 2.24) is 10.1 Å². The Morgan fingerprint density at radius 2 is 1.66 bits per heavy atom. The fourth-order valence-corrected chi connectivity index (χ4v) is 3.44. The minimum Gasteiger partial charge on any atom is -0.493 e. The number of unbranched alkanes of at least 4 members (excludes halogenated alkanes) is 7. The fourth-order valence-electron chi connectivity index (χ4n) is 3.44. The maximum absolute atomic E-state index is 13.6. The van der Waals surface area contributed by atoms with Crippen molar-refractivity contribution >= 4 is 5.84 Å². The Kier molecular flexibility index (Phi) is 14.1. The maximum Gasteiger partial charge on any atom is 0.419 e. The van der Waals surface area contributed by atoms with Crippen molar-refractivity contribution in [2.75, 3.05) is 6.61 Å². The van der Waals surface area contributed by atoms with Gasteiger partial charge in [-0.3, -0.25) is 5.41 Å². The van der Waals surface area contributed by atoms with E-state index in [2.05, 4.69) is 24.0 Å². The van der Waals surface area contributed by atoms with Crippen molar-refractivity contribution in [2.45, 2.75) is 104 Å². The zero-order chi connectivity index (χ0) is 26.3. The van der Waals surface area contributed by atoms with Crippen molar-refractivity contribution in [3.8, 4) is 17.1 Å². The summed E-state index contributed by atoms with van der Waals surface area (Å²) in [6.07, 6.45) is 6.07. The van der Waals surface area contributed by atoms with E-state index in [0.717, 1.165) is 44.6 Å². The van der Waals surface area contributed by atoms with Gasteiger partial charge < -0.3 is 15.0 Å². The Labute approximate surface area is 207 Å². The lowest BCUT2D eigenvalue weighted by atomic mass is 10.0. The van der Waals surface area contributed by atoms with E-state index in [0.29, 0.717) is 5.89 Å². The Balaban J connectivity index is 0.00000142. The lowest BCUT2D eigenvalue weighted by molar-refractivity contribution is -0.138. The molecule has 2 aromatic rings. The van der Waals surface area contributed by atoms with Crippen molar-refractivity contribution in [2.24, 2.45) is 5.73 Å². The number of amidine groups is 1. The molecule has 0 fully saturated rings. The Bertz CT molecular complexity index is 865. The second-order valence-corrected chi connectivity index (χ2v) is 8.86. The molecule has 9 heteroatoms. The summed E-state index contributed by atoms with van der Waals surface area (Å²) in [5, 5.41) is 10.2. The molecule has 0 saturated carbocycles.